The van der Waals surface area contributed by atoms with Crippen molar-refractivity contribution in [2.75, 3.05) is 5.73 Å². The summed E-state index contributed by atoms with van der Waals surface area (Å²) < 4.78 is 19.8. The Labute approximate surface area is 150 Å². The molecule has 25 heavy (non-hydrogen) atoms. The molecule has 0 fully saturated rings. The van der Waals surface area contributed by atoms with E-state index in [9.17, 15) is 9.65 Å². The van der Waals surface area contributed by atoms with Crippen molar-refractivity contribution in [2.45, 2.75) is 6.92 Å². The third-order valence-corrected chi connectivity index (χ3v) is 4.09. The average molecular weight is 353 g/mol. The molecule has 0 aliphatic carbocycles. The third kappa shape index (κ3) is 3.57. The van der Waals surface area contributed by atoms with Crippen LogP contribution in [0.4, 0.5) is 10.1 Å². The number of halogens is 2. The van der Waals surface area contributed by atoms with Crippen LogP contribution in [0.3, 0.4) is 0 Å². The molecule has 0 heterocycles. The molecule has 0 radical (unpaired) electrons. The van der Waals surface area contributed by atoms with E-state index in [4.69, 9.17) is 22.1 Å². The van der Waals surface area contributed by atoms with Gasteiger partial charge in [0.25, 0.3) is 0 Å². The number of nitriles is 1. The number of nitrogens with zero attached hydrogens (tertiary/aromatic N) is 1. The van der Waals surface area contributed by atoms with Crippen LogP contribution in [0.15, 0.2) is 54.6 Å². The standard InChI is InChI=1S/C20H14ClFN2O/c1-12-18(6-7-20(24)19(12)11-23)13-8-15(22)10-17(9-13)25-16-4-2-14(21)3-5-16/h2-10H,24H2,1H3. The fraction of sp³-hybridized carbons (Fsp3) is 0.0500. The van der Waals surface area contributed by atoms with Gasteiger partial charge < -0.3 is 10.5 Å². The van der Waals surface area contributed by atoms with Crippen molar-refractivity contribution in [1.82, 2.24) is 0 Å². The molecule has 124 valence electrons. The Bertz CT molecular complexity index is 978. The van der Waals surface area contributed by atoms with Gasteiger partial charge in [0.15, 0.2) is 0 Å². The van der Waals surface area contributed by atoms with Gasteiger partial charge in [0.1, 0.15) is 23.4 Å². The van der Waals surface area contributed by atoms with E-state index >= 15 is 0 Å². The first-order chi connectivity index (χ1) is 12.0. The molecular weight excluding hydrogens is 339 g/mol. The van der Waals surface area contributed by atoms with Gasteiger partial charge in [-0.25, -0.2) is 4.39 Å². The quantitative estimate of drug-likeness (QED) is 0.615. The summed E-state index contributed by atoms with van der Waals surface area (Å²) in [5, 5.41) is 9.85. The zero-order valence-corrected chi connectivity index (χ0v) is 14.1. The van der Waals surface area contributed by atoms with Crippen LogP contribution in [0.1, 0.15) is 11.1 Å². The normalized spacial score (nSPS) is 10.3. The zero-order valence-electron chi connectivity index (χ0n) is 13.4. The second-order valence-electron chi connectivity index (χ2n) is 5.55. The van der Waals surface area contributed by atoms with Gasteiger partial charge in [0.05, 0.1) is 5.56 Å². The minimum Gasteiger partial charge on any atom is -0.457 e. The van der Waals surface area contributed by atoms with E-state index in [-0.39, 0.29) is 0 Å². The Balaban J connectivity index is 2.03. The first-order valence-corrected chi connectivity index (χ1v) is 7.89. The summed E-state index contributed by atoms with van der Waals surface area (Å²) in [6.07, 6.45) is 0. The number of hydrogen-bond donors (Lipinski definition) is 1. The van der Waals surface area contributed by atoms with Gasteiger partial charge in [0.2, 0.25) is 0 Å². The van der Waals surface area contributed by atoms with Gasteiger partial charge >= 0.3 is 0 Å². The Morgan fingerprint density at radius 2 is 1.76 bits per heavy atom. The summed E-state index contributed by atoms with van der Waals surface area (Å²) >= 11 is 5.85. The average Bonchev–Trinajstić information content (AvgIpc) is 2.57. The first-order valence-electron chi connectivity index (χ1n) is 7.51. The van der Waals surface area contributed by atoms with Crippen LogP contribution in [0, 0.1) is 24.1 Å². The van der Waals surface area contributed by atoms with E-state index in [1.807, 2.05) is 0 Å². The van der Waals surface area contributed by atoms with Crippen LogP contribution in [0.25, 0.3) is 11.1 Å². The van der Waals surface area contributed by atoms with Gasteiger partial charge in [0, 0.05) is 16.8 Å². The number of hydrogen-bond acceptors (Lipinski definition) is 3. The van der Waals surface area contributed by atoms with Crippen LogP contribution in [-0.4, -0.2) is 0 Å². The van der Waals surface area contributed by atoms with Crippen LogP contribution in [0.2, 0.25) is 5.02 Å². The molecule has 0 amide bonds. The molecule has 0 unspecified atom stereocenters. The van der Waals surface area contributed by atoms with E-state index in [1.54, 1.807) is 49.4 Å². The van der Waals surface area contributed by atoms with Crippen molar-refractivity contribution in [3.8, 4) is 28.7 Å². The van der Waals surface area contributed by atoms with E-state index < -0.39 is 5.82 Å². The molecule has 3 rings (SSSR count). The molecule has 5 heteroatoms. The maximum Gasteiger partial charge on any atom is 0.130 e. The lowest BCUT2D eigenvalue weighted by Gasteiger charge is -2.12. The number of ether oxygens (including phenoxy) is 1. The summed E-state index contributed by atoms with van der Waals surface area (Å²) in [6.45, 7) is 1.79. The molecule has 0 bridgehead atoms. The van der Waals surface area contributed by atoms with Crippen LogP contribution in [-0.2, 0) is 0 Å². The smallest absolute Gasteiger partial charge is 0.130 e. The van der Waals surface area contributed by atoms with Crippen LogP contribution in [0.5, 0.6) is 11.5 Å². The van der Waals surface area contributed by atoms with Crippen molar-refractivity contribution in [1.29, 1.82) is 5.26 Å². The van der Waals surface area contributed by atoms with Crippen molar-refractivity contribution >= 4 is 17.3 Å². The van der Waals surface area contributed by atoms with Crippen molar-refractivity contribution in [3.63, 3.8) is 0 Å². The van der Waals surface area contributed by atoms with Crippen molar-refractivity contribution < 1.29 is 9.13 Å². The van der Waals surface area contributed by atoms with Crippen LogP contribution < -0.4 is 10.5 Å². The summed E-state index contributed by atoms with van der Waals surface area (Å²) in [6, 6.07) is 16.7. The molecule has 3 aromatic carbocycles. The summed E-state index contributed by atoms with van der Waals surface area (Å²) in [4.78, 5) is 0. The fourth-order valence-corrected chi connectivity index (χ4v) is 2.74. The van der Waals surface area contributed by atoms with Gasteiger partial charge in [-0.2, -0.15) is 5.26 Å². The van der Waals surface area contributed by atoms with Gasteiger partial charge in [-0.1, -0.05) is 17.7 Å². The lowest BCUT2D eigenvalue weighted by atomic mass is 9.95. The Kier molecular flexibility index (Phi) is 4.60. The fourth-order valence-electron chi connectivity index (χ4n) is 2.61. The van der Waals surface area contributed by atoms with Gasteiger partial charge in [-0.15, -0.1) is 0 Å². The number of rotatable bonds is 3. The summed E-state index contributed by atoms with van der Waals surface area (Å²) in [5.74, 6) is 0.468. The van der Waals surface area contributed by atoms with Crippen molar-refractivity contribution in [3.05, 3.63) is 76.6 Å². The molecule has 0 atom stereocenters. The molecule has 0 aromatic heterocycles. The molecule has 0 saturated heterocycles. The Morgan fingerprint density at radius 1 is 1.04 bits per heavy atom. The molecular formula is C20H14ClFN2O. The van der Waals surface area contributed by atoms with Gasteiger partial charge in [-0.05, 0) is 66.1 Å². The Hall–Kier alpha value is -3.03. The molecule has 0 saturated carbocycles. The lowest BCUT2D eigenvalue weighted by Crippen LogP contribution is -1.96. The maximum absolute atomic E-state index is 14.1. The molecule has 3 nitrogen and oxygen atoms in total. The Morgan fingerprint density at radius 3 is 2.44 bits per heavy atom. The number of benzene rings is 3. The van der Waals surface area contributed by atoms with E-state index in [0.29, 0.717) is 38.9 Å². The monoisotopic (exact) mass is 352 g/mol. The highest BCUT2D eigenvalue weighted by atomic mass is 35.5. The maximum atomic E-state index is 14.1. The van der Waals surface area contributed by atoms with E-state index in [0.717, 1.165) is 5.56 Å². The predicted octanol–water partition coefficient (Wildman–Crippen LogP) is 5.70. The zero-order chi connectivity index (χ0) is 18.0. The molecule has 0 aliphatic rings. The molecule has 2 N–H and O–H groups in total. The van der Waals surface area contributed by atoms with Crippen LogP contribution >= 0.6 is 11.6 Å². The summed E-state index contributed by atoms with van der Waals surface area (Å²) in [5.41, 5.74) is 8.65. The largest absolute Gasteiger partial charge is 0.457 e. The lowest BCUT2D eigenvalue weighted by molar-refractivity contribution is 0.477. The highest BCUT2D eigenvalue weighted by Gasteiger charge is 2.12. The molecule has 0 spiro atoms. The highest BCUT2D eigenvalue weighted by Crippen LogP contribution is 2.33. The minimum atomic E-state index is -0.434. The number of nitrogen functional groups attached to an aromatic ring is 1. The molecule has 3 aromatic rings. The van der Waals surface area contributed by atoms with Crippen molar-refractivity contribution in [2.24, 2.45) is 0 Å². The minimum absolute atomic E-state index is 0.354. The first kappa shape index (κ1) is 16.8. The van der Waals surface area contributed by atoms with E-state index in [1.165, 1.54) is 12.1 Å². The van der Waals surface area contributed by atoms with Gasteiger partial charge in [-0.3, -0.25) is 0 Å². The second-order valence-corrected chi connectivity index (χ2v) is 5.98. The SMILES string of the molecule is Cc1c(-c2cc(F)cc(Oc3ccc(Cl)cc3)c2)ccc(N)c1C#N. The number of nitrogens with two attached hydrogens (primary N) is 1. The molecule has 0 aliphatic heterocycles. The third-order valence-electron chi connectivity index (χ3n) is 3.84. The van der Waals surface area contributed by atoms with E-state index in [2.05, 4.69) is 6.07 Å². The highest BCUT2D eigenvalue weighted by molar-refractivity contribution is 6.30. The topological polar surface area (TPSA) is 59.0 Å². The second kappa shape index (κ2) is 6.84. The number of anilines is 1. The summed E-state index contributed by atoms with van der Waals surface area (Å²) in [7, 11) is 0. The predicted molar refractivity (Wildman–Crippen MR) is 97.2 cm³/mol.